The van der Waals surface area contributed by atoms with Crippen LogP contribution in [0, 0.1) is 10.1 Å². The summed E-state index contributed by atoms with van der Waals surface area (Å²) in [6.07, 6.45) is 0.792. The molecule has 1 atom stereocenters. The van der Waals surface area contributed by atoms with Crippen LogP contribution in [-0.2, 0) is 4.79 Å². The Balaban J connectivity index is 2.99. The standard InChI is InChI=1S/C17H27N3O5S2/c1-17(2,3)27-26-16(18)11-9-13(24-5)14(10-12(11)20(22)23)25-8-6-7-15(21)19-4/h9-10,16H,6-8,18H2,1-5H3,(H,19,21). The second-order valence-electron chi connectivity index (χ2n) is 6.66. The fourth-order valence-electron chi connectivity index (χ4n) is 2.01. The van der Waals surface area contributed by atoms with Crippen molar-refractivity contribution in [3.05, 3.63) is 27.8 Å². The van der Waals surface area contributed by atoms with E-state index in [1.54, 1.807) is 23.9 Å². The van der Waals surface area contributed by atoms with Crippen molar-refractivity contribution in [1.29, 1.82) is 0 Å². The van der Waals surface area contributed by atoms with Gasteiger partial charge < -0.3 is 20.5 Å². The highest BCUT2D eigenvalue weighted by Gasteiger charge is 2.26. The quantitative estimate of drug-likeness (QED) is 0.195. The Hall–Kier alpha value is -1.65. The first-order chi connectivity index (χ1) is 12.6. The summed E-state index contributed by atoms with van der Waals surface area (Å²) in [4.78, 5) is 22.3. The molecule has 152 valence electrons. The number of rotatable bonds is 10. The summed E-state index contributed by atoms with van der Waals surface area (Å²) in [5.74, 6) is 0.532. The lowest BCUT2D eigenvalue weighted by Crippen LogP contribution is -2.18. The van der Waals surface area contributed by atoms with Crippen molar-refractivity contribution in [3.63, 3.8) is 0 Å². The third-order valence-electron chi connectivity index (χ3n) is 3.30. The first-order valence-electron chi connectivity index (χ1n) is 8.38. The van der Waals surface area contributed by atoms with Gasteiger partial charge in [-0.15, -0.1) is 0 Å². The second-order valence-corrected chi connectivity index (χ2v) is 9.83. The molecule has 1 aromatic rings. The Morgan fingerprint density at radius 3 is 2.56 bits per heavy atom. The molecule has 1 unspecified atom stereocenters. The Kier molecular flexibility index (Phi) is 9.20. The molecule has 0 radical (unpaired) electrons. The van der Waals surface area contributed by atoms with Gasteiger partial charge in [0.2, 0.25) is 5.91 Å². The van der Waals surface area contributed by atoms with Crippen LogP contribution in [0.2, 0.25) is 0 Å². The molecule has 1 amide bonds. The highest BCUT2D eigenvalue weighted by molar-refractivity contribution is 8.77. The van der Waals surface area contributed by atoms with E-state index < -0.39 is 10.3 Å². The van der Waals surface area contributed by atoms with Crippen molar-refractivity contribution in [2.75, 3.05) is 20.8 Å². The molecule has 0 aliphatic rings. The molecular weight excluding hydrogens is 390 g/mol. The SMILES string of the molecule is CNC(=O)CCCOc1cc([N+](=O)[O-])c(C(N)SSC(C)(C)C)cc1OC. The minimum Gasteiger partial charge on any atom is -0.493 e. The third-order valence-corrected chi connectivity index (χ3v) is 6.77. The predicted molar refractivity (Wildman–Crippen MR) is 110 cm³/mol. The lowest BCUT2D eigenvalue weighted by atomic mass is 10.1. The van der Waals surface area contributed by atoms with Crippen LogP contribution in [0.1, 0.15) is 44.6 Å². The topological polar surface area (TPSA) is 117 Å². The molecule has 3 N–H and O–H groups in total. The van der Waals surface area contributed by atoms with Crippen LogP contribution >= 0.6 is 21.6 Å². The number of nitrogens with zero attached hydrogens (tertiary/aromatic N) is 1. The number of hydrogen-bond acceptors (Lipinski definition) is 8. The van der Waals surface area contributed by atoms with Gasteiger partial charge in [-0.05, 0) is 12.5 Å². The van der Waals surface area contributed by atoms with Gasteiger partial charge in [-0.3, -0.25) is 14.9 Å². The zero-order valence-electron chi connectivity index (χ0n) is 16.2. The summed E-state index contributed by atoms with van der Waals surface area (Å²) in [5.41, 5.74) is 6.43. The van der Waals surface area contributed by atoms with Crippen LogP contribution in [0.5, 0.6) is 11.5 Å². The zero-order chi connectivity index (χ0) is 20.6. The number of amides is 1. The van der Waals surface area contributed by atoms with Gasteiger partial charge in [-0.2, -0.15) is 0 Å². The first kappa shape index (κ1) is 23.4. The van der Waals surface area contributed by atoms with Crippen LogP contribution in [0.25, 0.3) is 0 Å². The fraction of sp³-hybridized carbons (Fsp3) is 0.588. The van der Waals surface area contributed by atoms with Crippen molar-refractivity contribution < 1.29 is 19.2 Å². The smallest absolute Gasteiger partial charge is 0.279 e. The number of nitrogens with one attached hydrogen (secondary N) is 1. The van der Waals surface area contributed by atoms with Crippen molar-refractivity contribution in [3.8, 4) is 11.5 Å². The first-order valence-corrected chi connectivity index (χ1v) is 10.6. The predicted octanol–water partition coefficient (Wildman–Crippen LogP) is 3.65. The Morgan fingerprint density at radius 2 is 2.04 bits per heavy atom. The van der Waals surface area contributed by atoms with E-state index in [0.717, 1.165) is 0 Å². The molecule has 0 saturated carbocycles. The maximum atomic E-state index is 11.5. The van der Waals surface area contributed by atoms with Crippen molar-refractivity contribution in [2.24, 2.45) is 5.73 Å². The van der Waals surface area contributed by atoms with Crippen LogP contribution < -0.4 is 20.5 Å². The van der Waals surface area contributed by atoms with Crippen LogP contribution in [0.15, 0.2) is 12.1 Å². The van der Waals surface area contributed by atoms with Gasteiger partial charge in [0.1, 0.15) is 0 Å². The van der Waals surface area contributed by atoms with E-state index in [0.29, 0.717) is 24.2 Å². The summed E-state index contributed by atoms with van der Waals surface area (Å²) in [6, 6.07) is 2.88. The molecule has 0 spiro atoms. The summed E-state index contributed by atoms with van der Waals surface area (Å²) in [5, 5.41) is 13.5. The number of nitro benzene ring substituents is 1. The molecule has 27 heavy (non-hydrogen) atoms. The number of nitro groups is 1. The third kappa shape index (κ3) is 7.86. The number of carbonyl (C=O) groups excluding carboxylic acids is 1. The highest BCUT2D eigenvalue weighted by Crippen LogP contribution is 2.46. The van der Waals surface area contributed by atoms with Crippen LogP contribution in [0.4, 0.5) is 5.69 Å². The molecule has 10 heteroatoms. The monoisotopic (exact) mass is 417 g/mol. The number of nitrogens with two attached hydrogens (primary N) is 1. The van der Waals surface area contributed by atoms with E-state index in [1.165, 1.54) is 24.0 Å². The molecule has 0 saturated heterocycles. The van der Waals surface area contributed by atoms with E-state index in [4.69, 9.17) is 15.2 Å². The lowest BCUT2D eigenvalue weighted by molar-refractivity contribution is -0.385. The minimum absolute atomic E-state index is 0.0328. The summed E-state index contributed by atoms with van der Waals surface area (Å²) >= 11 is 0. The van der Waals surface area contributed by atoms with E-state index in [-0.39, 0.29) is 28.7 Å². The van der Waals surface area contributed by atoms with Crippen LogP contribution in [0.3, 0.4) is 0 Å². The zero-order valence-corrected chi connectivity index (χ0v) is 17.9. The van der Waals surface area contributed by atoms with Gasteiger partial charge in [-0.25, -0.2) is 0 Å². The minimum atomic E-state index is -0.592. The second kappa shape index (κ2) is 10.6. The number of hydrogen-bond donors (Lipinski definition) is 2. The largest absolute Gasteiger partial charge is 0.493 e. The van der Waals surface area contributed by atoms with Crippen molar-refractivity contribution >= 4 is 33.2 Å². The Labute approximate surface area is 167 Å². The summed E-state index contributed by atoms with van der Waals surface area (Å²) < 4.78 is 10.9. The average molecular weight is 418 g/mol. The molecule has 1 rings (SSSR count). The average Bonchev–Trinajstić information content (AvgIpc) is 2.61. The van der Waals surface area contributed by atoms with E-state index in [1.807, 2.05) is 20.8 Å². The molecular formula is C17H27N3O5S2. The van der Waals surface area contributed by atoms with E-state index >= 15 is 0 Å². The molecule has 8 nitrogen and oxygen atoms in total. The summed E-state index contributed by atoms with van der Waals surface area (Å²) in [6.45, 7) is 6.37. The fourth-order valence-corrected chi connectivity index (χ4v) is 4.18. The maximum absolute atomic E-state index is 11.5. The Bertz CT molecular complexity index is 665. The van der Waals surface area contributed by atoms with Gasteiger partial charge >= 0.3 is 0 Å². The van der Waals surface area contributed by atoms with Gasteiger partial charge in [-0.1, -0.05) is 42.4 Å². The molecule has 0 aliphatic carbocycles. The maximum Gasteiger partial charge on any atom is 0.279 e. The molecule has 0 heterocycles. The van der Waals surface area contributed by atoms with Crippen LogP contribution in [-0.4, -0.2) is 36.3 Å². The highest BCUT2D eigenvalue weighted by atomic mass is 33.1. The number of ether oxygens (including phenoxy) is 2. The van der Waals surface area contributed by atoms with E-state index in [2.05, 4.69) is 5.32 Å². The summed E-state index contributed by atoms with van der Waals surface area (Å²) in [7, 11) is 5.95. The van der Waals surface area contributed by atoms with Crippen molar-refractivity contribution in [1.82, 2.24) is 5.32 Å². The molecule has 0 aromatic heterocycles. The van der Waals surface area contributed by atoms with Gasteiger partial charge in [0.15, 0.2) is 11.5 Å². The molecule has 1 aromatic carbocycles. The molecule has 0 bridgehead atoms. The Morgan fingerprint density at radius 1 is 1.37 bits per heavy atom. The number of benzene rings is 1. The van der Waals surface area contributed by atoms with Gasteiger partial charge in [0.05, 0.1) is 35.6 Å². The normalized spacial score (nSPS) is 12.4. The number of methoxy groups -OCH3 is 1. The number of carbonyl (C=O) groups is 1. The van der Waals surface area contributed by atoms with Gasteiger partial charge in [0.25, 0.3) is 5.69 Å². The van der Waals surface area contributed by atoms with Crippen molar-refractivity contribution in [2.45, 2.75) is 43.7 Å². The molecule has 0 aliphatic heterocycles. The van der Waals surface area contributed by atoms with E-state index in [9.17, 15) is 14.9 Å². The van der Waals surface area contributed by atoms with Gasteiger partial charge in [0, 0.05) is 18.2 Å². The lowest BCUT2D eigenvalue weighted by Gasteiger charge is -2.20. The molecule has 0 fully saturated rings.